The van der Waals surface area contributed by atoms with Crippen molar-refractivity contribution in [2.24, 2.45) is 17.8 Å². The van der Waals surface area contributed by atoms with Gasteiger partial charge in [-0.3, -0.25) is 4.79 Å². The highest BCUT2D eigenvalue weighted by Gasteiger charge is 2.52. The highest BCUT2D eigenvalue weighted by molar-refractivity contribution is 7.93. The number of alkyl halides is 1. The summed E-state index contributed by atoms with van der Waals surface area (Å²) in [5, 5.41) is 0.942. The van der Waals surface area contributed by atoms with Crippen LogP contribution in [0.15, 0.2) is 59.6 Å². The molecular formula is C32H38ClN3O5S. The van der Waals surface area contributed by atoms with Crippen molar-refractivity contribution in [1.29, 1.82) is 0 Å². The van der Waals surface area contributed by atoms with Gasteiger partial charge in [-0.05, 0) is 86.5 Å². The number of fused-ring (bicyclic) bond motifs is 3. The van der Waals surface area contributed by atoms with Gasteiger partial charge in [0.05, 0.1) is 18.1 Å². The highest BCUT2D eigenvalue weighted by atomic mass is 35.5. The lowest BCUT2D eigenvalue weighted by Gasteiger charge is -2.56. The number of benzene rings is 1. The summed E-state index contributed by atoms with van der Waals surface area (Å²) in [6.45, 7) is 5.97. The molecule has 0 spiro atoms. The maximum Gasteiger partial charge on any atom is 0.328 e. The van der Waals surface area contributed by atoms with Crippen molar-refractivity contribution < 1.29 is 22.7 Å². The van der Waals surface area contributed by atoms with Crippen molar-refractivity contribution in [3.8, 4) is 0 Å². The van der Waals surface area contributed by atoms with E-state index in [-0.39, 0.29) is 22.7 Å². The first kappa shape index (κ1) is 29.2. The van der Waals surface area contributed by atoms with E-state index in [0.717, 1.165) is 41.4 Å². The first-order valence-corrected chi connectivity index (χ1v) is 16.7. The quantitative estimate of drug-likeness (QED) is 0.240. The predicted octanol–water partition coefficient (Wildman–Crippen LogP) is 5.28. The van der Waals surface area contributed by atoms with E-state index in [1.54, 1.807) is 25.2 Å². The molecule has 2 N–H and O–H groups in total. The van der Waals surface area contributed by atoms with Crippen LogP contribution >= 0.6 is 11.6 Å². The minimum Gasteiger partial charge on any atom is -0.467 e. The monoisotopic (exact) mass is 611 g/mol. The number of aromatic nitrogens is 1. The van der Waals surface area contributed by atoms with Gasteiger partial charge in [-0.2, -0.15) is 0 Å². The largest absolute Gasteiger partial charge is 0.467 e. The van der Waals surface area contributed by atoms with Crippen LogP contribution in [0.2, 0.25) is 0 Å². The van der Waals surface area contributed by atoms with Gasteiger partial charge in [0.1, 0.15) is 11.9 Å². The van der Waals surface area contributed by atoms with Crippen LogP contribution in [0.25, 0.3) is 10.9 Å². The van der Waals surface area contributed by atoms with Crippen LogP contribution < -0.4 is 4.72 Å². The zero-order valence-corrected chi connectivity index (χ0v) is 25.6. The van der Waals surface area contributed by atoms with Crippen LogP contribution in [-0.4, -0.2) is 54.7 Å². The number of carbonyl (C=O) groups is 2. The molecule has 42 heavy (non-hydrogen) atoms. The number of ether oxygens (including phenoxy) is 1. The summed E-state index contributed by atoms with van der Waals surface area (Å²) < 4.78 is 35.7. The van der Waals surface area contributed by atoms with E-state index in [1.807, 2.05) is 24.3 Å². The van der Waals surface area contributed by atoms with Crippen molar-refractivity contribution >= 4 is 44.4 Å². The molecule has 7 rings (SSSR count). The lowest BCUT2D eigenvalue weighted by molar-refractivity contribution is -0.154. The summed E-state index contributed by atoms with van der Waals surface area (Å²) in [4.78, 5) is 31.2. The second kappa shape index (κ2) is 11.0. The first-order chi connectivity index (χ1) is 20.1. The molecule has 10 heteroatoms. The number of carbonyl (C=O) groups excluding carboxylic acids is 2. The van der Waals surface area contributed by atoms with Crippen LogP contribution in [0.5, 0.6) is 0 Å². The van der Waals surface area contributed by atoms with Gasteiger partial charge in [-0.25, -0.2) is 17.9 Å². The number of hydrogen-bond donors (Lipinski definition) is 2. The number of hydrogen-bond acceptors (Lipinski definition) is 5. The number of nitrogens with zero attached hydrogens (tertiary/aromatic N) is 1. The molecular weight excluding hydrogens is 574 g/mol. The average Bonchev–Trinajstić information content (AvgIpc) is 3.32. The number of esters is 1. The molecule has 2 aromatic rings. The fraction of sp³-hybridized carbons (Fsp3) is 0.500. The van der Waals surface area contributed by atoms with Gasteiger partial charge in [0.15, 0.2) is 0 Å². The van der Waals surface area contributed by atoms with E-state index in [2.05, 4.69) is 16.3 Å². The highest BCUT2D eigenvalue weighted by Crippen LogP contribution is 2.56. The summed E-state index contributed by atoms with van der Waals surface area (Å²) in [6, 6.07) is 6.05. The molecule has 4 bridgehead atoms. The third-order valence-electron chi connectivity index (χ3n) is 9.80. The van der Waals surface area contributed by atoms with Gasteiger partial charge in [-0.1, -0.05) is 36.9 Å². The smallest absolute Gasteiger partial charge is 0.328 e. The lowest BCUT2D eigenvalue weighted by atomic mass is 9.53. The van der Waals surface area contributed by atoms with E-state index >= 15 is 0 Å². The normalized spacial score (nSPS) is 30.6. The summed E-state index contributed by atoms with van der Waals surface area (Å²) in [5.41, 5.74) is 2.55. The van der Waals surface area contributed by atoms with Crippen LogP contribution in [-0.2, 0) is 30.8 Å². The van der Waals surface area contributed by atoms with Crippen LogP contribution in [0.4, 0.5) is 0 Å². The standard InChI is InChI=1S/C32H38ClN3O5S/c1-4-23(42(39,40)35-32-15-20-11-21(16-32)13-22(12-20)17-32)10-9-19(2)30-29-25(24-7-5-6-8-26(24)34-29)14-27(31(38)41-3)36(30)28(37)18-33/h4-10,20-22,27,30,34-35H,2,11-18H2,1,3H3/b10-9-,23-4+/t20?,21?,22?,27-,30+,32?/m1/s1. The topological polar surface area (TPSA) is 109 Å². The summed E-state index contributed by atoms with van der Waals surface area (Å²) in [7, 11) is -2.51. The molecule has 8 nitrogen and oxygen atoms in total. The molecule has 5 aliphatic rings. The minimum absolute atomic E-state index is 0.145. The van der Waals surface area contributed by atoms with E-state index in [4.69, 9.17) is 16.3 Å². The van der Waals surface area contributed by atoms with Gasteiger partial charge in [0, 0.05) is 28.6 Å². The number of nitrogens with one attached hydrogen (secondary N) is 2. The lowest BCUT2D eigenvalue weighted by Crippen LogP contribution is -2.59. The van der Waals surface area contributed by atoms with Gasteiger partial charge in [0.2, 0.25) is 15.9 Å². The van der Waals surface area contributed by atoms with E-state index in [0.29, 0.717) is 23.3 Å². The van der Waals surface area contributed by atoms with Gasteiger partial charge < -0.3 is 14.6 Å². The van der Waals surface area contributed by atoms with Gasteiger partial charge >= 0.3 is 5.97 Å². The molecule has 1 aromatic heterocycles. The molecule has 224 valence electrons. The Morgan fingerprint density at radius 2 is 1.79 bits per heavy atom. The van der Waals surface area contributed by atoms with Gasteiger partial charge in [-0.15, -0.1) is 11.6 Å². The number of rotatable bonds is 8. The van der Waals surface area contributed by atoms with Crippen LogP contribution in [0, 0.1) is 17.8 Å². The Labute approximate surface area is 252 Å². The molecule has 1 amide bonds. The van der Waals surface area contributed by atoms with Crippen LogP contribution in [0.1, 0.15) is 62.7 Å². The zero-order valence-electron chi connectivity index (χ0n) is 24.1. The molecule has 4 aliphatic carbocycles. The van der Waals surface area contributed by atoms with Crippen molar-refractivity contribution in [1.82, 2.24) is 14.6 Å². The summed E-state index contributed by atoms with van der Waals surface area (Å²) >= 11 is 6.03. The third-order valence-corrected chi connectivity index (χ3v) is 11.7. The van der Waals surface area contributed by atoms with Gasteiger partial charge in [0.25, 0.3) is 0 Å². The molecule has 0 unspecified atom stereocenters. The molecule has 4 saturated carbocycles. The fourth-order valence-electron chi connectivity index (χ4n) is 8.57. The van der Waals surface area contributed by atoms with E-state index < -0.39 is 34.0 Å². The number of aromatic amines is 1. The predicted molar refractivity (Wildman–Crippen MR) is 163 cm³/mol. The van der Waals surface area contributed by atoms with Crippen molar-refractivity contribution in [3.05, 3.63) is 70.8 Å². The average molecular weight is 612 g/mol. The number of para-hydroxylation sites is 1. The Morgan fingerprint density at radius 3 is 2.38 bits per heavy atom. The Kier molecular flexibility index (Phi) is 7.64. The van der Waals surface area contributed by atoms with E-state index in [1.165, 1.54) is 31.3 Å². The Morgan fingerprint density at radius 1 is 1.14 bits per heavy atom. The maximum atomic E-state index is 13.7. The number of halogens is 1. The van der Waals surface area contributed by atoms with Crippen molar-refractivity contribution in [2.45, 2.75) is 69.5 Å². The molecule has 4 fully saturated rings. The molecule has 2 atom stereocenters. The summed E-state index contributed by atoms with van der Waals surface area (Å²) in [6.07, 6.45) is 11.4. The molecule has 0 radical (unpaired) electrons. The molecule has 1 aromatic carbocycles. The Hall–Kier alpha value is -2.88. The SMILES string of the molecule is C=C(/C=C\C(=C/C)S(=O)(=O)NC12CC3CC(CC(C3)C1)C2)[C@H]1c2[nH]c3ccccc3c2C[C@H](C(=O)OC)N1C(=O)CCl. The maximum absolute atomic E-state index is 13.7. The van der Waals surface area contributed by atoms with Crippen LogP contribution in [0.3, 0.4) is 0 Å². The molecule has 0 saturated heterocycles. The Balaban J connectivity index is 1.33. The number of sulfonamides is 1. The Bertz CT molecular complexity index is 1570. The van der Waals surface area contributed by atoms with Crippen molar-refractivity contribution in [3.63, 3.8) is 0 Å². The molecule has 1 aliphatic heterocycles. The number of amides is 1. The zero-order chi connectivity index (χ0) is 29.8. The van der Waals surface area contributed by atoms with Crippen molar-refractivity contribution in [2.75, 3.05) is 13.0 Å². The number of allylic oxidation sites excluding steroid dienone is 2. The third kappa shape index (κ3) is 5.03. The second-order valence-corrected chi connectivity index (χ2v) is 14.5. The second-order valence-electron chi connectivity index (χ2n) is 12.5. The first-order valence-electron chi connectivity index (χ1n) is 14.7. The fourth-order valence-corrected chi connectivity index (χ4v) is 10.2. The van der Waals surface area contributed by atoms with E-state index in [9.17, 15) is 18.0 Å². The number of methoxy groups -OCH3 is 1. The minimum atomic E-state index is -3.81. The molecule has 2 heterocycles. The summed E-state index contributed by atoms with van der Waals surface area (Å²) in [5.74, 6) is 0.482. The number of H-pyrrole nitrogens is 1.